The summed E-state index contributed by atoms with van der Waals surface area (Å²) in [6, 6.07) is 0.111. The molecule has 1 heterocycles. The Bertz CT molecular complexity index is 403. The lowest BCUT2D eigenvalue weighted by Crippen LogP contribution is -2.40. The molecule has 0 spiro atoms. The number of halogens is 1. The van der Waals surface area contributed by atoms with Crippen molar-refractivity contribution in [2.75, 3.05) is 7.11 Å². The highest BCUT2D eigenvalue weighted by Crippen LogP contribution is 2.41. The number of nitrogens with zero attached hydrogens (tertiary/aromatic N) is 2. The summed E-state index contributed by atoms with van der Waals surface area (Å²) in [5, 5.41) is 4.95. The van der Waals surface area contributed by atoms with E-state index in [0.717, 1.165) is 5.69 Å². The second kappa shape index (κ2) is 5.57. The molecule has 0 aliphatic heterocycles. The largest absolute Gasteiger partial charge is 0.379 e. The predicted molar refractivity (Wildman–Crippen MR) is 71.2 cm³/mol. The van der Waals surface area contributed by atoms with E-state index in [-0.39, 0.29) is 18.2 Å². The molecule has 0 radical (unpaired) electrons. The maximum Gasteiger partial charge on any atom is 0.0908 e. The molecule has 0 aromatic carbocycles. The van der Waals surface area contributed by atoms with E-state index in [4.69, 9.17) is 22.2 Å². The second-order valence-electron chi connectivity index (χ2n) is 5.10. The third-order valence-corrected chi connectivity index (χ3v) is 3.73. The molecule has 2 atom stereocenters. The summed E-state index contributed by atoms with van der Waals surface area (Å²) < 4.78 is 7.50. The predicted octanol–water partition coefficient (Wildman–Crippen LogP) is 2.05. The van der Waals surface area contributed by atoms with Gasteiger partial charge in [0.05, 0.1) is 29.1 Å². The number of methoxy groups -OCH3 is 1. The number of hydrogen-bond donors (Lipinski definition) is 2. The molecular weight excluding hydrogens is 252 g/mol. The van der Waals surface area contributed by atoms with E-state index >= 15 is 0 Å². The molecule has 102 valence electrons. The summed E-state index contributed by atoms with van der Waals surface area (Å²) in [6.07, 6.45) is 4.08. The third kappa shape index (κ3) is 2.54. The number of nitrogens with two attached hydrogens (primary N) is 1. The molecule has 1 aromatic rings. The number of ether oxygens (including phenoxy) is 1. The Morgan fingerprint density at radius 1 is 1.56 bits per heavy atom. The Labute approximate surface area is 113 Å². The first-order valence-electron chi connectivity index (χ1n) is 6.32. The van der Waals surface area contributed by atoms with Crippen molar-refractivity contribution in [1.29, 1.82) is 0 Å². The van der Waals surface area contributed by atoms with Crippen LogP contribution in [0.4, 0.5) is 0 Å². The van der Waals surface area contributed by atoms with Crippen LogP contribution in [-0.4, -0.2) is 23.0 Å². The van der Waals surface area contributed by atoms with Crippen molar-refractivity contribution in [3.63, 3.8) is 0 Å². The van der Waals surface area contributed by atoms with Gasteiger partial charge in [-0.25, -0.2) is 5.43 Å². The van der Waals surface area contributed by atoms with Crippen molar-refractivity contribution >= 4 is 11.6 Å². The van der Waals surface area contributed by atoms with E-state index in [1.54, 1.807) is 13.3 Å². The molecule has 18 heavy (non-hydrogen) atoms. The SMILES string of the molecule is COC(C1CC1)C(NN)c1c(Cl)cnn1C(C)C. The van der Waals surface area contributed by atoms with Crippen LogP contribution >= 0.6 is 11.6 Å². The minimum absolute atomic E-state index is 0.0432. The van der Waals surface area contributed by atoms with Gasteiger partial charge in [0.25, 0.3) is 0 Å². The third-order valence-electron chi connectivity index (χ3n) is 3.44. The summed E-state index contributed by atoms with van der Waals surface area (Å²) in [7, 11) is 1.72. The molecule has 0 amide bonds. The average molecular weight is 273 g/mol. The highest BCUT2D eigenvalue weighted by atomic mass is 35.5. The van der Waals surface area contributed by atoms with Gasteiger partial charge in [-0.05, 0) is 32.6 Å². The maximum absolute atomic E-state index is 6.25. The Morgan fingerprint density at radius 3 is 2.67 bits per heavy atom. The van der Waals surface area contributed by atoms with Gasteiger partial charge in [0, 0.05) is 13.2 Å². The normalized spacial score (nSPS) is 19.2. The highest BCUT2D eigenvalue weighted by molar-refractivity contribution is 6.31. The number of aromatic nitrogens is 2. The fraction of sp³-hybridized carbons (Fsp3) is 0.750. The molecule has 1 aliphatic carbocycles. The zero-order valence-electron chi connectivity index (χ0n) is 11.1. The van der Waals surface area contributed by atoms with E-state index < -0.39 is 0 Å². The summed E-state index contributed by atoms with van der Waals surface area (Å²) in [5.41, 5.74) is 3.75. The van der Waals surface area contributed by atoms with Crippen LogP contribution in [0, 0.1) is 5.92 Å². The van der Waals surface area contributed by atoms with E-state index in [0.29, 0.717) is 10.9 Å². The lowest BCUT2D eigenvalue weighted by molar-refractivity contribution is 0.0476. The van der Waals surface area contributed by atoms with Gasteiger partial charge in [0.2, 0.25) is 0 Å². The Morgan fingerprint density at radius 2 is 2.22 bits per heavy atom. The first-order valence-corrected chi connectivity index (χ1v) is 6.69. The highest BCUT2D eigenvalue weighted by Gasteiger charge is 2.39. The van der Waals surface area contributed by atoms with Crippen molar-refractivity contribution in [2.24, 2.45) is 11.8 Å². The molecule has 2 unspecified atom stereocenters. The smallest absolute Gasteiger partial charge is 0.0908 e. The molecule has 1 aromatic heterocycles. The fourth-order valence-corrected chi connectivity index (χ4v) is 2.66. The molecule has 3 N–H and O–H groups in total. The van der Waals surface area contributed by atoms with Crippen molar-refractivity contribution < 1.29 is 4.74 Å². The Hall–Kier alpha value is -0.620. The quantitative estimate of drug-likeness (QED) is 0.614. The molecule has 1 aliphatic rings. The lowest BCUT2D eigenvalue weighted by atomic mass is 10.0. The van der Waals surface area contributed by atoms with Crippen LogP contribution in [0.2, 0.25) is 5.02 Å². The Balaban J connectivity index is 2.33. The van der Waals surface area contributed by atoms with Gasteiger partial charge in [-0.3, -0.25) is 10.5 Å². The van der Waals surface area contributed by atoms with E-state index in [1.165, 1.54) is 12.8 Å². The first kappa shape index (κ1) is 13.8. The van der Waals surface area contributed by atoms with Crippen LogP contribution in [-0.2, 0) is 4.74 Å². The van der Waals surface area contributed by atoms with Gasteiger partial charge < -0.3 is 4.74 Å². The topological polar surface area (TPSA) is 65.1 Å². The van der Waals surface area contributed by atoms with Gasteiger partial charge >= 0.3 is 0 Å². The number of rotatable bonds is 6. The van der Waals surface area contributed by atoms with Crippen molar-refractivity contribution in [3.8, 4) is 0 Å². The number of hydrogen-bond acceptors (Lipinski definition) is 4. The van der Waals surface area contributed by atoms with E-state index in [2.05, 4.69) is 24.4 Å². The zero-order valence-corrected chi connectivity index (χ0v) is 11.8. The monoisotopic (exact) mass is 272 g/mol. The molecule has 0 bridgehead atoms. The van der Waals surface area contributed by atoms with Crippen molar-refractivity contribution in [3.05, 3.63) is 16.9 Å². The summed E-state index contributed by atoms with van der Waals surface area (Å²) in [6.45, 7) is 4.14. The Kier molecular flexibility index (Phi) is 4.27. The molecular formula is C12H21ClN4O. The van der Waals surface area contributed by atoms with Gasteiger partial charge in [0.15, 0.2) is 0 Å². The van der Waals surface area contributed by atoms with Gasteiger partial charge in [0.1, 0.15) is 0 Å². The minimum atomic E-state index is -0.125. The van der Waals surface area contributed by atoms with E-state index in [1.807, 2.05) is 4.68 Å². The van der Waals surface area contributed by atoms with Crippen LogP contribution in [0.1, 0.15) is 44.5 Å². The molecule has 1 saturated carbocycles. The summed E-state index contributed by atoms with van der Waals surface area (Å²) in [5.74, 6) is 6.27. The molecule has 6 heteroatoms. The van der Waals surface area contributed by atoms with Crippen LogP contribution in [0.5, 0.6) is 0 Å². The van der Waals surface area contributed by atoms with E-state index in [9.17, 15) is 0 Å². The lowest BCUT2D eigenvalue weighted by Gasteiger charge is -2.27. The van der Waals surface area contributed by atoms with Crippen molar-refractivity contribution in [2.45, 2.75) is 44.9 Å². The molecule has 1 fully saturated rings. The summed E-state index contributed by atoms with van der Waals surface area (Å²) in [4.78, 5) is 0. The average Bonchev–Trinajstić information content (AvgIpc) is 3.09. The molecule has 2 rings (SSSR count). The first-order chi connectivity index (χ1) is 8.60. The van der Waals surface area contributed by atoms with Gasteiger partial charge in [-0.1, -0.05) is 11.6 Å². The fourth-order valence-electron chi connectivity index (χ4n) is 2.41. The van der Waals surface area contributed by atoms with Crippen LogP contribution in [0.3, 0.4) is 0 Å². The van der Waals surface area contributed by atoms with Gasteiger partial charge in [-0.15, -0.1) is 0 Å². The standard InChI is InChI=1S/C12H21ClN4O/c1-7(2)17-11(9(13)6-15-17)10(16-14)12(18-3)8-4-5-8/h6-8,10,12,16H,4-5,14H2,1-3H3. The molecule has 0 saturated heterocycles. The second-order valence-corrected chi connectivity index (χ2v) is 5.51. The van der Waals surface area contributed by atoms with Gasteiger partial charge in [-0.2, -0.15) is 5.10 Å². The number of hydrazine groups is 1. The molecule has 5 nitrogen and oxygen atoms in total. The number of nitrogens with one attached hydrogen (secondary N) is 1. The summed E-state index contributed by atoms with van der Waals surface area (Å²) >= 11 is 6.25. The van der Waals surface area contributed by atoms with Crippen molar-refractivity contribution in [1.82, 2.24) is 15.2 Å². The van der Waals surface area contributed by atoms with Crippen LogP contribution in [0.15, 0.2) is 6.20 Å². The van der Waals surface area contributed by atoms with Crippen LogP contribution < -0.4 is 11.3 Å². The maximum atomic E-state index is 6.25. The minimum Gasteiger partial charge on any atom is -0.379 e. The van der Waals surface area contributed by atoms with Crippen LogP contribution in [0.25, 0.3) is 0 Å². The zero-order chi connectivity index (χ0) is 13.3.